The molecule has 0 aromatic heterocycles. The highest BCUT2D eigenvalue weighted by molar-refractivity contribution is 5.85. The van der Waals surface area contributed by atoms with E-state index in [1.807, 2.05) is 0 Å². The predicted octanol–water partition coefficient (Wildman–Crippen LogP) is 2.96. The minimum absolute atomic E-state index is 0. The second-order valence-corrected chi connectivity index (χ2v) is 3.89. The largest absolute Gasteiger partial charge is 0.494 e. The van der Waals surface area contributed by atoms with Gasteiger partial charge in [0.1, 0.15) is 0 Å². The molecule has 0 unspecified atom stereocenters. The molecule has 0 spiro atoms. The Morgan fingerprint density at radius 1 is 0.909 bits per heavy atom. The van der Waals surface area contributed by atoms with E-state index in [0.717, 1.165) is 0 Å². The summed E-state index contributed by atoms with van der Waals surface area (Å²) in [6.07, 6.45) is 0. The van der Waals surface area contributed by atoms with Crippen LogP contribution in [0, 0.1) is 11.6 Å². The molecule has 0 heterocycles. The number of hydrazine groups is 1. The molecular weight excluding hydrogens is 316 g/mol. The molecule has 0 radical (unpaired) electrons. The number of hydrogen-bond donors (Lipinski definition) is 3. The van der Waals surface area contributed by atoms with Gasteiger partial charge in [-0.3, -0.25) is 5.84 Å². The fraction of sp³-hybridized carbons (Fsp3) is 0.143. The Hall–Kier alpha value is -2.25. The van der Waals surface area contributed by atoms with Gasteiger partial charge in [0.05, 0.1) is 19.9 Å². The lowest BCUT2D eigenvalue weighted by Gasteiger charge is -2.03. The summed E-state index contributed by atoms with van der Waals surface area (Å²) >= 11 is 0. The Morgan fingerprint density at radius 2 is 1.41 bits per heavy atom. The molecular formula is C14H18ClF2N3O2. The van der Waals surface area contributed by atoms with Crippen molar-refractivity contribution in [3.05, 3.63) is 48.0 Å². The third-order valence-electron chi connectivity index (χ3n) is 2.49. The van der Waals surface area contributed by atoms with Gasteiger partial charge in [-0.1, -0.05) is 0 Å². The predicted molar refractivity (Wildman–Crippen MR) is 85.4 cm³/mol. The molecule has 22 heavy (non-hydrogen) atoms. The third-order valence-corrected chi connectivity index (χ3v) is 2.49. The maximum Gasteiger partial charge on any atom is 0.167 e. The minimum atomic E-state index is -0.428. The fourth-order valence-corrected chi connectivity index (χ4v) is 1.44. The van der Waals surface area contributed by atoms with Crippen molar-refractivity contribution in [3.63, 3.8) is 0 Å². The summed E-state index contributed by atoms with van der Waals surface area (Å²) < 4.78 is 34.8. The third kappa shape index (κ3) is 5.63. The zero-order valence-electron chi connectivity index (χ0n) is 12.1. The molecule has 0 saturated heterocycles. The van der Waals surface area contributed by atoms with Crippen LogP contribution in [0.25, 0.3) is 0 Å². The van der Waals surface area contributed by atoms with Gasteiger partial charge in [0.25, 0.3) is 0 Å². The molecule has 0 aliphatic carbocycles. The van der Waals surface area contributed by atoms with Crippen molar-refractivity contribution < 1.29 is 18.3 Å². The number of nitrogen functional groups attached to an aromatic ring is 2. The Bertz CT molecular complexity index is 600. The summed E-state index contributed by atoms with van der Waals surface area (Å²) in [4.78, 5) is 0. The molecule has 5 N–H and O–H groups in total. The molecule has 2 rings (SSSR count). The fourth-order valence-electron chi connectivity index (χ4n) is 1.44. The highest BCUT2D eigenvalue weighted by Crippen LogP contribution is 2.19. The van der Waals surface area contributed by atoms with E-state index < -0.39 is 11.6 Å². The SMILES string of the molecule is COc1ccc(N)cc1F.COc1ccc(NN)cc1F.Cl. The van der Waals surface area contributed by atoms with Crippen molar-refractivity contribution >= 4 is 23.8 Å². The van der Waals surface area contributed by atoms with E-state index in [4.69, 9.17) is 16.3 Å². The number of nitrogens with two attached hydrogens (primary N) is 2. The average molecular weight is 334 g/mol. The molecule has 0 atom stereocenters. The Labute approximate surface area is 133 Å². The first-order valence-electron chi connectivity index (χ1n) is 5.91. The number of benzene rings is 2. The molecule has 0 bridgehead atoms. The Balaban J connectivity index is 0.000000385. The first-order chi connectivity index (χ1) is 10.0. The van der Waals surface area contributed by atoms with E-state index in [0.29, 0.717) is 11.4 Å². The Kier molecular flexibility index (Phi) is 8.66. The summed E-state index contributed by atoms with van der Waals surface area (Å²) in [6.45, 7) is 0. The van der Waals surface area contributed by atoms with Crippen LogP contribution in [0.5, 0.6) is 11.5 Å². The standard InChI is InChI=1S/C7H9FN2O.C7H8FNO.ClH/c1-11-7-3-2-5(10-9)4-6(7)8;1-10-7-3-2-5(9)4-6(7)8;/h2-4,10H,9H2,1H3;2-4H,9H2,1H3;1H. The van der Waals surface area contributed by atoms with Crippen LogP contribution in [-0.2, 0) is 0 Å². The molecule has 0 saturated carbocycles. The quantitative estimate of drug-likeness (QED) is 0.457. The Morgan fingerprint density at radius 3 is 1.82 bits per heavy atom. The summed E-state index contributed by atoms with van der Waals surface area (Å²) in [5.41, 5.74) is 8.53. The van der Waals surface area contributed by atoms with E-state index in [2.05, 4.69) is 10.2 Å². The van der Waals surface area contributed by atoms with E-state index in [1.165, 1.54) is 38.5 Å². The van der Waals surface area contributed by atoms with Gasteiger partial charge in [-0.2, -0.15) is 0 Å². The van der Waals surface area contributed by atoms with E-state index >= 15 is 0 Å². The molecule has 122 valence electrons. The van der Waals surface area contributed by atoms with Gasteiger partial charge in [-0.25, -0.2) is 8.78 Å². The summed E-state index contributed by atoms with van der Waals surface area (Å²) in [5.74, 6) is 4.63. The maximum atomic E-state index is 12.8. The van der Waals surface area contributed by atoms with E-state index in [1.54, 1.807) is 12.1 Å². The summed E-state index contributed by atoms with van der Waals surface area (Å²) in [5, 5.41) is 0. The highest BCUT2D eigenvalue weighted by Gasteiger charge is 2.01. The molecule has 0 aliphatic heterocycles. The van der Waals surface area contributed by atoms with Crippen molar-refractivity contribution in [3.8, 4) is 11.5 Å². The van der Waals surface area contributed by atoms with Gasteiger partial charge >= 0.3 is 0 Å². The van der Waals surface area contributed by atoms with Crippen LogP contribution in [0.2, 0.25) is 0 Å². The van der Waals surface area contributed by atoms with Crippen molar-refractivity contribution in [1.82, 2.24) is 0 Å². The lowest BCUT2D eigenvalue weighted by molar-refractivity contribution is 0.386. The first-order valence-corrected chi connectivity index (χ1v) is 5.91. The van der Waals surface area contributed by atoms with Crippen molar-refractivity contribution in [2.75, 3.05) is 25.4 Å². The van der Waals surface area contributed by atoms with Crippen LogP contribution in [0.4, 0.5) is 20.2 Å². The van der Waals surface area contributed by atoms with Crippen LogP contribution >= 0.6 is 12.4 Å². The number of nitrogens with one attached hydrogen (secondary N) is 1. The van der Waals surface area contributed by atoms with Crippen molar-refractivity contribution in [2.24, 2.45) is 5.84 Å². The van der Waals surface area contributed by atoms with Gasteiger partial charge in [-0.05, 0) is 24.3 Å². The molecule has 0 aliphatic rings. The van der Waals surface area contributed by atoms with Crippen molar-refractivity contribution in [1.29, 1.82) is 0 Å². The summed E-state index contributed by atoms with van der Waals surface area (Å²) in [6, 6.07) is 8.69. The van der Waals surface area contributed by atoms with Gasteiger partial charge in [0.2, 0.25) is 0 Å². The highest BCUT2D eigenvalue weighted by atomic mass is 35.5. The number of methoxy groups -OCH3 is 2. The molecule has 5 nitrogen and oxygen atoms in total. The molecule has 2 aromatic carbocycles. The van der Waals surface area contributed by atoms with E-state index in [-0.39, 0.29) is 23.9 Å². The lowest BCUT2D eigenvalue weighted by Crippen LogP contribution is -2.06. The first kappa shape index (κ1) is 19.8. The number of hydrogen-bond acceptors (Lipinski definition) is 5. The van der Waals surface area contributed by atoms with Crippen LogP contribution in [0.1, 0.15) is 0 Å². The van der Waals surface area contributed by atoms with Crippen molar-refractivity contribution in [2.45, 2.75) is 0 Å². The summed E-state index contributed by atoms with van der Waals surface area (Å²) in [7, 11) is 2.82. The van der Waals surface area contributed by atoms with Crippen LogP contribution in [-0.4, -0.2) is 14.2 Å². The normalized spacial score (nSPS) is 8.95. The van der Waals surface area contributed by atoms with E-state index in [9.17, 15) is 8.78 Å². The van der Waals surface area contributed by atoms with Crippen LogP contribution in [0.15, 0.2) is 36.4 Å². The topological polar surface area (TPSA) is 82.5 Å². The molecule has 2 aromatic rings. The van der Waals surface area contributed by atoms with Gasteiger partial charge in [0.15, 0.2) is 23.1 Å². The number of anilines is 2. The smallest absolute Gasteiger partial charge is 0.167 e. The van der Waals surface area contributed by atoms with Gasteiger partial charge in [-0.15, -0.1) is 12.4 Å². The van der Waals surface area contributed by atoms with Crippen LogP contribution in [0.3, 0.4) is 0 Å². The average Bonchev–Trinajstić information content (AvgIpc) is 2.48. The number of ether oxygens (including phenoxy) is 2. The zero-order chi connectivity index (χ0) is 15.8. The molecule has 0 amide bonds. The lowest BCUT2D eigenvalue weighted by atomic mass is 10.3. The maximum absolute atomic E-state index is 12.8. The zero-order valence-corrected chi connectivity index (χ0v) is 12.9. The number of rotatable bonds is 3. The van der Waals surface area contributed by atoms with Crippen LogP contribution < -0.4 is 26.5 Å². The number of halogens is 3. The minimum Gasteiger partial charge on any atom is -0.494 e. The molecule has 8 heteroatoms. The second kappa shape index (κ2) is 9.64. The second-order valence-electron chi connectivity index (χ2n) is 3.89. The molecule has 0 fully saturated rings. The van der Waals surface area contributed by atoms with Gasteiger partial charge in [0, 0.05) is 17.8 Å². The monoisotopic (exact) mass is 333 g/mol. The van der Waals surface area contributed by atoms with Gasteiger partial charge < -0.3 is 20.6 Å².